The summed E-state index contributed by atoms with van der Waals surface area (Å²) in [6, 6.07) is 6.28. The summed E-state index contributed by atoms with van der Waals surface area (Å²) in [6.45, 7) is 0. The second-order valence-corrected chi connectivity index (χ2v) is 3.79. The Morgan fingerprint density at radius 3 is 2.82 bits per heavy atom. The lowest BCUT2D eigenvalue weighted by atomic mass is 10.2. The van der Waals surface area contributed by atoms with Crippen molar-refractivity contribution < 1.29 is 4.39 Å². The lowest BCUT2D eigenvalue weighted by molar-refractivity contribution is 0.630. The molecule has 0 saturated carbocycles. The van der Waals surface area contributed by atoms with E-state index in [0.717, 1.165) is 0 Å². The summed E-state index contributed by atoms with van der Waals surface area (Å²) in [6.07, 6.45) is 1.59. The molecule has 0 fully saturated rings. The zero-order valence-corrected chi connectivity index (χ0v) is 9.24. The number of hydrogen-bond acceptors (Lipinski definition) is 3. The fraction of sp³-hybridized carbons (Fsp3) is 0. The number of nitrogens with one attached hydrogen (secondary N) is 1. The highest BCUT2D eigenvalue weighted by molar-refractivity contribution is 6.33. The Balaban J connectivity index is 2.28. The second-order valence-electron chi connectivity index (χ2n) is 3.44. The first-order valence-corrected chi connectivity index (χ1v) is 5.25. The van der Waals surface area contributed by atoms with Crippen LogP contribution in [0.25, 0.3) is 22.4 Å². The molecule has 2 aromatic heterocycles. The molecule has 0 spiro atoms. The SMILES string of the molecule is Fc1ccccc1-c1nc(Cl)c2n[nH]cc2n1. The molecule has 3 aromatic rings. The molecule has 0 saturated heterocycles. The maximum atomic E-state index is 13.6. The summed E-state index contributed by atoms with van der Waals surface area (Å²) < 4.78 is 13.6. The van der Waals surface area contributed by atoms with E-state index >= 15 is 0 Å². The van der Waals surface area contributed by atoms with Crippen molar-refractivity contribution in [3.63, 3.8) is 0 Å². The summed E-state index contributed by atoms with van der Waals surface area (Å²) >= 11 is 5.95. The molecule has 0 radical (unpaired) electrons. The molecular formula is C11H6ClFN4. The molecule has 3 rings (SSSR count). The van der Waals surface area contributed by atoms with Gasteiger partial charge in [0.25, 0.3) is 0 Å². The minimum Gasteiger partial charge on any atom is -0.283 e. The van der Waals surface area contributed by atoms with Crippen LogP contribution in [0.1, 0.15) is 0 Å². The van der Waals surface area contributed by atoms with Gasteiger partial charge in [0, 0.05) is 6.20 Å². The maximum Gasteiger partial charge on any atom is 0.164 e. The molecular weight excluding hydrogens is 243 g/mol. The highest BCUT2D eigenvalue weighted by Crippen LogP contribution is 2.24. The standard InChI is InChI=1S/C11H6ClFN4/c12-10-9-8(5-14-17-9)15-11(16-10)6-3-1-2-4-7(6)13/h1-5H,(H,14,17). The smallest absolute Gasteiger partial charge is 0.164 e. The van der Waals surface area contributed by atoms with Gasteiger partial charge >= 0.3 is 0 Å². The van der Waals surface area contributed by atoms with E-state index in [2.05, 4.69) is 20.2 Å². The van der Waals surface area contributed by atoms with Gasteiger partial charge in [-0.15, -0.1) is 0 Å². The predicted octanol–water partition coefficient (Wildman–Crippen LogP) is 2.81. The van der Waals surface area contributed by atoms with Crippen molar-refractivity contribution in [3.05, 3.63) is 41.4 Å². The molecule has 0 atom stereocenters. The average Bonchev–Trinajstić information content (AvgIpc) is 2.78. The van der Waals surface area contributed by atoms with Gasteiger partial charge in [-0.05, 0) is 12.1 Å². The lowest BCUT2D eigenvalue weighted by Gasteiger charge is -2.02. The van der Waals surface area contributed by atoms with Crippen LogP contribution in [0.2, 0.25) is 5.15 Å². The third-order valence-electron chi connectivity index (χ3n) is 2.36. The van der Waals surface area contributed by atoms with Gasteiger partial charge in [-0.3, -0.25) is 5.10 Å². The summed E-state index contributed by atoms with van der Waals surface area (Å²) in [4.78, 5) is 8.23. The van der Waals surface area contributed by atoms with Crippen LogP contribution >= 0.6 is 11.6 Å². The number of aromatic amines is 1. The Kier molecular flexibility index (Phi) is 2.26. The zero-order chi connectivity index (χ0) is 11.8. The van der Waals surface area contributed by atoms with E-state index in [4.69, 9.17) is 11.6 Å². The molecule has 1 N–H and O–H groups in total. The molecule has 0 amide bonds. The summed E-state index contributed by atoms with van der Waals surface area (Å²) in [5.74, 6) is -0.131. The molecule has 4 nitrogen and oxygen atoms in total. The van der Waals surface area contributed by atoms with Gasteiger partial charge in [-0.1, -0.05) is 23.7 Å². The molecule has 0 aliphatic carbocycles. The first-order chi connectivity index (χ1) is 8.25. The van der Waals surface area contributed by atoms with Crippen LogP contribution in [0, 0.1) is 5.82 Å². The molecule has 17 heavy (non-hydrogen) atoms. The number of rotatable bonds is 1. The summed E-state index contributed by atoms with van der Waals surface area (Å²) in [5.41, 5.74) is 1.35. The largest absolute Gasteiger partial charge is 0.283 e. The van der Waals surface area contributed by atoms with Crippen LogP contribution < -0.4 is 0 Å². The Morgan fingerprint density at radius 1 is 1.18 bits per heavy atom. The molecule has 1 aromatic carbocycles. The number of hydrogen-bond donors (Lipinski definition) is 1. The topological polar surface area (TPSA) is 54.5 Å². The number of benzene rings is 1. The molecule has 0 bridgehead atoms. The Hall–Kier alpha value is -2.01. The first-order valence-electron chi connectivity index (χ1n) is 4.87. The van der Waals surface area contributed by atoms with E-state index in [1.54, 1.807) is 24.4 Å². The fourth-order valence-electron chi connectivity index (χ4n) is 1.57. The van der Waals surface area contributed by atoms with Gasteiger partial charge in [-0.2, -0.15) is 5.10 Å². The van der Waals surface area contributed by atoms with E-state index in [1.165, 1.54) is 6.07 Å². The van der Waals surface area contributed by atoms with Crippen molar-refractivity contribution in [1.29, 1.82) is 0 Å². The van der Waals surface area contributed by atoms with Crippen LogP contribution in [0.5, 0.6) is 0 Å². The van der Waals surface area contributed by atoms with Crippen molar-refractivity contribution in [2.45, 2.75) is 0 Å². The third kappa shape index (κ3) is 1.64. The van der Waals surface area contributed by atoms with Crippen molar-refractivity contribution in [2.24, 2.45) is 0 Å². The maximum absolute atomic E-state index is 13.6. The molecule has 2 heterocycles. The average molecular weight is 249 g/mol. The number of nitrogens with zero attached hydrogens (tertiary/aromatic N) is 3. The van der Waals surface area contributed by atoms with Crippen LogP contribution in [-0.2, 0) is 0 Å². The van der Waals surface area contributed by atoms with Crippen molar-refractivity contribution >= 4 is 22.6 Å². The van der Waals surface area contributed by atoms with Gasteiger partial charge < -0.3 is 0 Å². The summed E-state index contributed by atoms with van der Waals surface area (Å²) in [5, 5.41) is 6.74. The normalized spacial score (nSPS) is 10.9. The summed E-state index contributed by atoms with van der Waals surface area (Å²) in [7, 11) is 0. The number of fused-ring (bicyclic) bond motifs is 1. The van der Waals surface area contributed by atoms with Crippen molar-refractivity contribution in [2.75, 3.05) is 0 Å². The Morgan fingerprint density at radius 2 is 2.00 bits per heavy atom. The third-order valence-corrected chi connectivity index (χ3v) is 2.62. The van der Waals surface area contributed by atoms with Gasteiger partial charge in [0.15, 0.2) is 11.0 Å². The predicted molar refractivity (Wildman–Crippen MR) is 62.1 cm³/mol. The molecule has 84 valence electrons. The zero-order valence-electron chi connectivity index (χ0n) is 8.48. The van der Waals surface area contributed by atoms with Crippen molar-refractivity contribution in [1.82, 2.24) is 20.2 Å². The van der Waals surface area contributed by atoms with Crippen LogP contribution in [-0.4, -0.2) is 20.2 Å². The number of H-pyrrole nitrogens is 1. The molecule has 0 unspecified atom stereocenters. The van der Waals surface area contributed by atoms with Crippen molar-refractivity contribution in [3.8, 4) is 11.4 Å². The first kappa shape index (κ1) is 10.2. The van der Waals surface area contributed by atoms with Gasteiger partial charge in [0.05, 0.1) is 5.56 Å². The van der Waals surface area contributed by atoms with E-state index in [-0.39, 0.29) is 16.8 Å². The monoisotopic (exact) mass is 248 g/mol. The second kappa shape index (κ2) is 3.78. The van der Waals surface area contributed by atoms with E-state index in [1.807, 2.05) is 0 Å². The lowest BCUT2D eigenvalue weighted by Crippen LogP contribution is -1.93. The van der Waals surface area contributed by atoms with Gasteiger partial charge in [0.2, 0.25) is 0 Å². The van der Waals surface area contributed by atoms with Crippen LogP contribution in [0.4, 0.5) is 4.39 Å². The highest BCUT2D eigenvalue weighted by Gasteiger charge is 2.12. The van der Waals surface area contributed by atoms with Crippen LogP contribution in [0.3, 0.4) is 0 Å². The number of halogens is 2. The Labute approximate surface area is 100 Å². The van der Waals surface area contributed by atoms with Crippen LogP contribution in [0.15, 0.2) is 30.5 Å². The highest BCUT2D eigenvalue weighted by atomic mass is 35.5. The molecule has 0 aliphatic rings. The fourth-order valence-corrected chi connectivity index (χ4v) is 1.79. The minimum atomic E-state index is -0.383. The molecule has 0 aliphatic heterocycles. The molecule has 6 heteroatoms. The van der Waals surface area contributed by atoms with Gasteiger partial charge in [0.1, 0.15) is 16.9 Å². The quantitative estimate of drug-likeness (QED) is 0.674. The Bertz CT molecular complexity index is 695. The number of aromatic nitrogens is 4. The van der Waals surface area contributed by atoms with E-state index in [0.29, 0.717) is 16.6 Å². The van der Waals surface area contributed by atoms with E-state index < -0.39 is 0 Å². The minimum absolute atomic E-state index is 0.203. The van der Waals surface area contributed by atoms with E-state index in [9.17, 15) is 4.39 Å². The van der Waals surface area contributed by atoms with Gasteiger partial charge in [-0.25, -0.2) is 14.4 Å².